The Bertz CT molecular complexity index is 528. The molecule has 2 heterocycles. The van der Waals surface area contributed by atoms with E-state index in [0.29, 0.717) is 25.0 Å². The van der Waals surface area contributed by atoms with Crippen molar-refractivity contribution in [2.24, 2.45) is 11.8 Å². The lowest BCUT2D eigenvalue weighted by atomic mass is 9.90. The molecular formula is C19H26FNO2. The molecule has 1 atom stereocenters. The normalized spacial score (nSPS) is 23.0. The summed E-state index contributed by atoms with van der Waals surface area (Å²) in [6, 6.07) is 7.01. The van der Waals surface area contributed by atoms with Gasteiger partial charge in [-0.1, -0.05) is 18.2 Å². The van der Waals surface area contributed by atoms with Gasteiger partial charge in [0, 0.05) is 32.2 Å². The highest BCUT2D eigenvalue weighted by atomic mass is 19.1. The van der Waals surface area contributed by atoms with Gasteiger partial charge in [0.15, 0.2) is 0 Å². The van der Waals surface area contributed by atoms with Crippen molar-refractivity contribution in [2.45, 2.75) is 38.5 Å². The molecule has 2 aliphatic heterocycles. The van der Waals surface area contributed by atoms with Crippen LogP contribution in [0.2, 0.25) is 0 Å². The van der Waals surface area contributed by atoms with Crippen LogP contribution >= 0.6 is 0 Å². The number of benzene rings is 1. The number of carbonyl (C=O) groups is 1. The molecule has 23 heavy (non-hydrogen) atoms. The predicted octanol–water partition coefficient (Wildman–Crippen LogP) is 3.42. The zero-order valence-electron chi connectivity index (χ0n) is 13.7. The average Bonchev–Trinajstić information content (AvgIpc) is 2.61. The number of rotatable bonds is 4. The third-order valence-corrected chi connectivity index (χ3v) is 5.18. The Hall–Kier alpha value is -1.42. The maximum absolute atomic E-state index is 13.7. The summed E-state index contributed by atoms with van der Waals surface area (Å²) in [5, 5.41) is 0. The van der Waals surface area contributed by atoms with Crippen LogP contribution in [-0.4, -0.2) is 37.1 Å². The van der Waals surface area contributed by atoms with Crippen LogP contribution in [0.25, 0.3) is 0 Å². The average molecular weight is 319 g/mol. The molecule has 3 nitrogen and oxygen atoms in total. The zero-order valence-corrected chi connectivity index (χ0v) is 13.7. The summed E-state index contributed by atoms with van der Waals surface area (Å²) >= 11 is 0. The van der Waals surface area contributed by atoms with E-state index < -0.39 is 0 Å². The molecule has 3 rings (SSSR count). The number of likely N-dealkylation sites (tertiary alicyclic amines) is 1. The van der Waals surface area contributed by atoms with Gasteiger partial charge in [-0.3, -0.25) is 4.79 Å². The van der Waals surface area contributed by atoms with E-state index in [-0.39, 0.29) is 11.7 Å². The van der Waals surface area contributed by atoms with Crippen molar-refractivity contribution < 1.29 is 13.9 Å². The molecule has 0 unspecified atom stereocenters. The van der Waals surface area contributed by atoms with Crippen LogP contribution < -0.4 is 0 Å². The highest BCUT2D eigenvalue weighted by molar-refractivity contribution is 5.79. The molecule has 126 valence electrons. The molecule has 0 radical (unpaired) electrons. The Kier molecular flexibility index (Phi) is 5.65. The van der Waals surface area contributed by atoms with E-state index in [9.17, 15) is 9.18 Å². The molecule has 1 aromatic carbocycles. The number of hydrogen-bond acceptors (Lipinski definition) is 2. The Morgan fingerprint density at radius 2 is 2.00 bits per heavy atom. The van der Waals surface area contributed by atoms with Crippen molar-refractivity contribution in [3.63, 3.8) is 0 Å². The van der Waals surface area contributed by atoms with E-state index in [0.717, 1.165) is 57.2 Å². The third kappa shape index (κ3) is 4.31. The molecule has 4 heteroatoms. The molecule has 0 saturated carbocycles. The summed E-state index contributed by atoms with van der Waals surface area (Å²) in [4.78, 5) is 14.7. The van der Waals surface area contributed by atoms with Gasteiger partial charge in [0.1, 0.15) is 5.82 Å². The first kappa shape index (κ1) is 16.4. The van der Waals surface area contributed by atoms with Crippen molar-refractivity contribution in [3.05, 3.63) is 35.6 Å². The van der Waals surface area contributed by atoms with Gasteiger partial charge in [-0.2, -0.15) is 0 Å². The number of halogens is 1. The molecule has 1 amide bonds. The summed E-state index contributed by atoms with van der Waals surface area (Å²) in [6.07, 6.45) is 5.64. The van der Waals surface area contributed by atoms with Gasteiger partial charge in [-0.05, 0) is 56.1 Å². The highest BCUT2D eigenvalue weighted by Crippen LogP contribution is 2.25. The third-order valence-electron chi connectivity index (χ3n) is 5.18. The molecule has 0 bridgehead atoms. The molecule has 2 saturated heterocycles. The van der Waals surface area contributed by atoms with E-state index in [1.807, 2.05) is 17.0 Å². The zero-order chi connectivity index (χ0) is 16.1. The Labute approximate surface area is 137 Å². The summed E-state index contributed by atoms with van der Waals surface area (Å²) in [7, 11) is 0. The van der Waals surface area contributed by atoms with Gasteiger partial charge >= 0.3 is 0 Å². The Morgan fingerprint density at radius 3 is 2.78 bits per heavy atom. The Morgan fingerprint density at radius 1 is 1.22 bits per heavy atom. The molecular weight excluding hydrogens is 293 g/mol. The first-order chi connectivity index (χ1) is 11.2. The largest absolute Gasteiger partial charge is 0.381 e. The molecule has 0 N–H and O–H groups in total. The second-order valence-corrected chi connectivity index (χ2v) is 6.81. The van der Waals surface area contributed by atoms with E-state index in [2.05, 4.69) is 0 Å². The van der Waals surface area contributed by atoms with Gasteiger partial charge in [0.2, 0.25) is 5.91 Å². The van der Waals surface area contributed by atoms with Crippen LogP contribution in [0.3, 0.4) is 0 Å². The minimum Gasteiger partial charge on any atom is -0.381 e. The van der Waals surface area contributed by atoms with E-state index in [1.165, 1.54) is 6.07 Å². The minimum atomic E-state index is -0.113. The molecule has 2 fully saturated rings. The lowest BCUT2D eigenvalue weighted by molar-refractivity contribution is -0.140. The van der Waals surface area contributed by atoms with Gasteiger partial charge in [0.05, 0.1) is 0 Å². The van der Waals surface area contributed by atoms with Crippen LogP contribution in [0.4, 0.5) is 4.39 Å². The van der Waals surface area contributed by atoms with Crippen LogP contribution in [0.1, 0.15) is 37.7 Å². The number of nitrogens with zero attached hydrogens (tertiary/aromatic N) is 1. The van der Waals surface area contributed by atoms with E-state index in [4.69, 9.17) is 4.74 Å². The van der Waals surface area contributed by atoms with Crippen molar-refractivity contribution in [2.75, 3.05) is 26.3 Å². The summed E-state index contributed by atoms with van der Waals surface area (Å²) < 4.78 is 19.1. The predicted molar refractivity (Wildman–Crippen MR) is 87.6 cm³/mol. The van der Waals surface area contributed by atoms with Gasteiger partial charge in [-0.15, -0.1) is 0 Å². The monoisotopic (exact) mass is 319 g/mol. The number of amides is 1. The smallest absolute Gasteiger partial charge is 0.225 e. The van der Waals surface area contributed by atoms with Crippen molar-refractivity contribution in [1.82, 2.24) is 4.90 Å². The van der Waals surface area contributed by atoms with Crippen molar-refractivity contribution in [1.29, 1.82) is 0 Å². The number of ether oxygens (including phenoxy) is 1. The number of aryl methyl sites for hydroxylation is 1. The SMILES string of the molecule is O=C(C1CCOCC1)N1CCC[C@H](CCc2ccccc2F)C1. The summed E-state index contributed by atoms with van der Waals surface area (Å²) in [6.45, 7) is 3.14. The first-order valence-corrected chi connectivity index (χ1v) is 8.84. The minimum absolute atomic E-state index is 0.113. The topological polar surface area (TPSA) is 29.5 Å². The molecule has 0 aromatic heterocycles. The fourth-order valence-corrected chi connectivity index (χ4v) is 3.76. The molecule has 1 aromatic rings. The van der Waals surface area contributed by atoms with Crippen LogP contribution in [0, 0.1) is 17.7 Å². The molecule has 0 aliphatic carbocycles. The number of hydrogen-bond donors (Lipinski definition) is 0. The van der Waals surface area contributed by atoms with Gasteiger partial charge in [0.25, 0.3) is 0 Å². The van der Waals surface area contributed by atoms with E-state index in [1.54, 1.807) is 6.07 Å². The highest BCUT2D eigenvalue weighted by Gasteiger charge is 2.29. The van der Waals surface area contributed by atoms with Crippen LogP contribution in [0.15, 0.2) is 24.3 Å². The Balaban J connectivity index is 1.51. The summed E-state index contributed by atoms with van der Waals surface area (Å²) in [5.74, 6) is 0.837. The number of carbonyl (C=O) groups excluding carboxylic acids is 1. The quantitative estimate of drug-likeness (QED) is 0.851. The number of piperidine rings is 1. The molecule has 2 aliphatic rings. The van der Waals surface area contributed by atoms with Crippen LogP contribution in [0.5, 0.6) is 0 Å². The standard InChI is InChI=1S/C19H26FNO2/c20-18-6-2-1-5-16(18)8-7-15-4-3-11-21(14-15)19(22)17-9-12-23-13-10-17/h1-2,5-6,15,17H,3-4,7-14H2/t15-/m1/s1. The lowest BCUT2D eigenvalue weighted by Gasteiger charge is -2.36. The summed E-state index contributed by atoms with van der Waals surface area (Å²) in [5.41, 5.74) is 0.792. The fourth-order valence-electron chi connectivity index (χ4n) is 3.76. The fraction of sp³-hybridized carbons (Fsp3) is 0.632. The first-order valence-electron chi connectivity index (χ1n) is 8.84. The second-order valence-electron chi connectivity index (χ2n) is 6.81. The van der Waals surface area contributed by atoms with Crippen molar-refractivity contribution >= 4 is 5.91 Å². The lowest BCUT2D eigenvalue weighted by Crippen LogP contribution is -2.44. The molecule has 0 spiro atoms. The van der Waals surface area contributed by atoms with Crippen LogP contribution in [-0.2, 0) is 16.0 Å². The maximum atomic E-state index is 13.7. The van der Waals surface area contributed by atoms with Crippen molar-refractivity contribution in [3.8, 4) is 0 Å². The van der Waals surface area contributed by atoms with Gasteiger partial charge < -0.3 is 9.64 Å². The van der Waals surface area contributed by atoms with Gasteiger partial charge in [-0.25, -0.2) is 4.39 Å². The maximum Gasteiger partial charge on any atom is 0.225 e. The van der Waals surface area contributed by atoms with E-state index >= 15 is 0 Å². The second kappa shape index (κ2) is 7.91.